The molecular weight excluding hydrogens is 312 g/mol. The fourth-order valence-corrected chi connectivity index (χ4v) is 2.91. The standard InChI is InChI=1S/C14H14BrClN2/c1-4-10-9(3)17-14(18-13(10)16)11-6-5-8(2)7-12(11)15/h5-7H,4H2,1-3H3. The Morgan fingerprint density at radius 2 is 1.94 bits per heavy atom. The first-order chi connectivity index (χ1) is 8.52. The number of aryl methyl sites for hydroxylation is 2. The van der Waals surface area contributed by atoms with E-state index in [1.807, 2.05) is 26.0 Å². The van der Waals surface area contributed by atoms with E-state index in [4.69, 9.17) is 11.6 Å². The average Bonchev–Trinajstić information content (AvgIpc) is 2.28. The summed E-state index contributed by atoms with van der Waals surface area (Å²) in [5.74, 6) is 0.668. The Kier molecular flexibility index (Phi) is 4.03. The molecule has 0 saturated heterocycles. The van der Waals surface area contributed by atoms with Gasteiger partial charge in [-0.1, -0.05) is 40.5 Å². The number of nitrogens with zero attached hydrogens (tertiary/aromatic N) is 2. The zero-order valence-corrected chi connectivity index (χ0v) is 12.9. The van der Waals surface area contributed by atoms with E-state index >= 15 is 0 Å². The lowest BCUT2D eigenvalue weighted by molar-refractivity contribution is 1.00. The van der Waals surface area contributed by atoms with Crippen LogP contribution in [0.2, 0.25) is 5.15 Å². The minimum Gasteiger partial charge on any atom is -0.233 e. The van der Waals surface area contributed by atoms with E-state index in [2.05, 4.69) is 38.9 Å². The van der Waals surface area contributed by atoms with Crippen LogP contribution in [0.25, 0.3) is 11.4 Å². The van der Waals surface area contributed by atoms with Gasteiger partial charge < -0.3 is 0 Å². The molecule has 0 saturated carbocycles. The molecule has 0 aliphatic rings. The highest BCUT2D eigenvalue weighted by molar-refractivity contribution is 9.10. The predicted octanol–water partition coefficient (Wildman–Crippen LogP) is 4.74. The molecule has 0 aliphatic heterocycles. The first-order valence-electron chi connectivity index (χ1n) is 5.82. The van der Waals surface area contributed by atoms with Crippen LogP contribution in [0.4, 0.5) is 0 Å². The van der Waals surface area contributed by atoms with E-state index in [0.29, 0.717) is 11.0 Å². The van der Waals surface area contributed by atoms with E-state index in [1.165, 1.54) is 5.56 Å². The van der Waals surface area contributed by atoms with Crippen LogP contribution in [0.5, 0.6) is 0 Å². The lowest BCUT2D eigenvalue weighted by atomic mass is 10.1. The second kappa shape index (κ2) is 5.37. The Hall–Kier alpha value is -0.930. The van der Waals surface area contributed by atoms with E-state index in [1.54, 1.807) is 0 Å². The normalized spacial score (nSPS) is 10.7. The topological polar surface area (TPSA) is 25.8 Å². The molecule has 1 aromatic heterocycles. The van der Waals surface area contributed by atoms with Crippen molar-refractivity contribution in [2.45, 2.75) is 27.2 Å². The molecule has 94 valence electrons. The lowest BCUT2D eigenvalue weighted by Crippen LogP contribution is -1.99. The van der Waals surface area contributed by atoms with Gasteiger partial charge in [0.15, 0.2) is 5.82 Å². The summed E-state index contributed by atoms with van der Waals surface area (Å²) in [6.07, 6.45) is 0.847. The van der Waals surface area contributed by atoms with Crippen molar-refractivity contribution in [3.8, 4) is 11.4 Å². The maximum Gasteiger partial charge on any atom is 0.162 e. The van der Waals surface area contributed by atoms with Gasteiger partial charge in [0.25, 0.3) is 0 Å². The third-order valence-corrected chi connectivity index (χ3v) is 3.85. The molecule has 2 rings (SSSR count). The predicted molar refractivity (Wildman–Crippen MR) is 79.0 cm³/mol. The van der Waals surface area contributed by atoms with Gasteiger partial charge in [0.1, 0.15) is 5.15 Å². The lowest BCUT2D eigenvalue weighted by Gasteiger charge is -2.09. The Morgan fingerprint density at radius 1 is 1.22 bits per heavy atom. The van der Waals surface area contributed by atoms with Crippen LogP contribution in [0.1, 0.15) is 23.7 Å². The van der Waals surface area contributed by atoms with Crippen LogP contribution in [-0.2, 0) is 6.42 Å². The zero-order chi connectivity index (χ0) is 13.3. The summed E-state index contributed by atoms with van der Waals surface area (Å²) in [5, 5.41) is 0.549. The molecule has 0 amide bonds. The van der Waals surface area contributed by atoms with Crippen molar-refractivity contribution in [2.24, 2.45) is 0 Å². The Morgan fingerprint density at radius 3 is 2.50 bits per heavy atom. The number of halogens is 2. The zero-order valence-electron chi connectivity index (χ0n) is 10.6. The molecule has 1 aromatic carbocycles. The maximum absolute atomic E-state index is 6.20. The second-order valence-electron chi connectivity index (χ2n) is 4.24. The highest BCUT2D eigenvalue weighted by atomic mass is 79.9. The van der Waals surface area contributed by atoms with Crippen LogP contribution in [0.3, 0.4) is 0 Å². The van der Waals surface area contributed by atoms with E-state index < -0.39 is 0 Å². The van der Waals surface area contributed by atoms with Crippen molar-refractivity contribution < 1.29 is 0 Å². The first-order valence-corrected chi connectivity index (χ1v) is 6.99. The second-order valence-corrected chi connectivity index (χ2v) is 5.45. The number of aromatic nitrogens is 2. The summed E-state index contributed by atoms with van der Waals surface area (Å²) in [7, 11) is 0. The Labute approximate surface area is 121 Å². The molecule has 1 heterocycles. The van der Waals surface area contributed by atoms with E-state index in [0.717, 1.165) is 27.7 Å². The SMILES string of the molecule is CCc1c(C)nc(-c2ccc(C)cc2Br)nc1Cl. The smallest absolute Gasteiger partial charge is 0.162 e. The quantitative estimate of drug-likeness (QED) is 0.745. The minimum atomic E-state index is 0.549. The Bertz CT molecular complexity index is 573. The molecule has 0 aliphatic carbocycles. The molecule has 0 radical (unpaired) electrons. The number of rotatable bonds is 2. The summed E-state index contributed by atoms with van der Waals surface area (Å²) in [6, 6.07) is 6.10. The summed E-state index contributed by atoms with van der Waals surface area (Å²) >= 11 is 9.75. The highest BCUT2D eigenvalue weighted by Crippen LogP contribution is 2.29. The molecule has 0 unspecified atom stereocenters. The first kappa shape index (κ1) is 13.5. The third kappa shape index (κ3) is 2.57. The fourth-order valence-electron chi connectivity index (χ4n) is 1.88. The Balaban J connectivity index is 2.58. The van der Waals surface area contributed by atoms with Gasteiger partial charge in [-0.3, -0.25) is 0 Å². The van der Waals surface area contributed by atoms with Crippen LogP contribution >= 0.6 is 27.5 Å². The van der Waals surface area contributed by atoms with Gasteiger partial charge in [-0.05, 0) is 38.0 Å². The van der Waals surface area contributed by atoms with Gasteiger partial charge in [-0.25, -0.2) is 9.97 Å². The maximum atomic E-state index is 6.20. The fraction of sp³-hybridized carbons (Fsp3) is 0.286. The van der Waals surface area contributed by atoms with Gasteiger partial charge in [0.05, 0.1) is 0 Å². The van der Waals surface area contributed by atoms with E-state index in [9.17, 15) is 0 Å². The van der Waals surface area contributed by atoms with Crippen LogP contribution in [0.15, 0.2) is 22.7 Å². The molecule has 2 nitrogen and oxygen atoms in total. The molecule has 0 N–H and O–H groups in total. The van der Waals surface area contributed by atoms with Gasteiger partial charge in [-0.2, -0.15) is 0 Å². The monoisotopic (exact) mass is 324 g/mol. The van der Waals surface area contributed by atoms with Crippen LogP contribution < -0.4 is 0 Å². The number of hydrogen-bond acceptors (Lipinski definition) is 2. The van der Waals surface area contributed by atoms with Crippen molar-refractivity contribution in [2.75, 3.05) is 0 Å². The molecule has 2 aromatic rings. The largest absolute Gasteiger partial charge is 0.233 e. The third-order valence-electron chi connectivity index (χ3n) is 2.88. The number of benzene rings is 1. The van der Waals surface area contributed by atoms with Crippen molar-refractivity contribution >= 4 is 27.5 Å². The average molecular weight is 326 g/mol. The van der Waals surface area contributed by atoms with Gasteiger partial charge in [-0.15, -0.1) is 0 Å². The molecule has 4 heteroatoms. The molecule has 0 atom stereocenters. The summed E-state index contributed by atoms with van der Waals surface area (Å²) < 4.78 is 0.988. The van der Waals surface area contributed by atoms with Crippen molar-refractivity contribution in [3.05, 3.63) is 44.6 Å². The highest BCUT2D eigenvalue weighted by Gasteiger charge is 2.12. The summed E-state index contributed by atoms with van der Waals surface area (Å²) in [5.41, 5.74) is 4.12. The van der Waals surface area contributed by atoms with Gasteiger partial charge in [0, 0.05) is 21.3 Å². The van der Waals surface area contributed by atoms with Gasteiger partial charge >= 0.3 is 0 Å². The number of hydrogen-bond donors (Lipinski definition) is 0. The van der Waals surface area contributed by atoms with Crippen molar-refractivity contribution in [1.29, 1.82) is 0 Å². The molecule has 0 fully saturated rings. The van der Waals surface area contributed by atoms with Crippen molar-refractivity contribution in [1.82, 2.24) is 9.97 Å². The summed E-state index contributed by atoms with van der Waals surface area (Å²) in [6.45, 7) is 6.07. The van der Waals surface area contributed by atoms with Gasteiger partial charge in [0.2, 0.25) is 0 Å². The summed E-state index contributed by atoms with van der Waals surface area (Å²) in [4.78, 5) is 8.93. The molecule has 0 spiro atoms. The molecular formula is C14H14BrClN2. The van der Waals surface area contributed by atoms with E-state index in [-0.39, 0.29) is 0 Å². The molecule has 18 heavy (non-hydrogen) atoms. The molecule has 0 bridgehead atoms. The van der Waals surface area contributed by atoms with Crippen LogP contribution in [-0.4, -0.2) is 9.97 Å². The van der Waals surface area contributed by atoms with Crippen LogP contribution in [0, 0.1) is 13.8 Å². The van der Waals surface area contributed by atoms with Crippen molar-refractivity contribution in [3.63, 3.8) is 0 Å². The minimum absolute atomic E-state index is 0.549.